The summed E-state index contributed by atoms with van der Waals surface area (Å²) in [5.74, 6) is 0. The van der Waals surface area contributed by atoms with Gasteiger partial charge in [0, 0.05) is 13.2 Å². The Morgan fingerprint density at radius 1 is 0.692 bits per heavy atom. The summed E-state index contributed by atoms with van der Waals surface area (Å²) in [6, 6.07) is 0. The molecule has 0 aromatic carbocycles. The smallest absolute Gasteiger partial charge is 0.146 e. The van der Waals surface area contributed by atoms with Gasteiger partial charge in [0.15, 0.2) is 0 Å². The lowest BCUT2D eigenvalue weighted by atomic mass is 10.4. The zero-order valence-electron chi connectivity index (χ0n) is 8.88. The third kappa shape index (κ3) is 11.9. The van der Waals surface area contributed by atoms with E-state index in [0.717, 1.165) is 26.1 Å². The maximum atomic E-state index is 5.30. The van der Waals surface area contributed by atoms with Gasteiger partial charge in [-0.3, -0.25) is 0 Å². The Hall–Kier alpha value is -0.120. The average molecular weight is 190 g/mol. The topological polar surface area (TPSA) is 27.7 Å². The summed E-state index contributed by atoms with van der Waals surface area (Å²) < 4.78 is 15.6. The van der Waals surface area contributed by atoms with Crippen LogP contribution in [-0.2, 0) is 14.2 Å². The molecular weight excluding hydrogens is 168 g/mol. The predicted octanol–water partition coefficient (Wildman–Crippen LogP) is 2.20. The first-order chi connectivity index (χ1) is 6.41. The Labute approximate surface area is 81.4 Å². The van der Waals surface area contributed by atoms with E-state index in [1.54, 1.807) is 0 Å². The summed E-state index contributed by atoms with van der Waals surface area (Å²) in [5, 5.41) is 0. The van der Waals surface area contributed by atoms with Gasteiger partial charge in [-0.2, -0.15) is 0 Å². The van der Waals surface area contributed by atoms with Crippen molar-refractivity contribution in [1.82, 2.24) is 0 Å². The van der Waals surface area contributed by atoms with Crippen LogP contribution in [0.25, 0.3) is 0 Å². The molecular formula is C10H22O3. The van der Waals surface area contributed by atoms with Crippen LogP contribution in [0, 0.1) is 0 Å². The van der Waals surface area contributed by atoms with Gasteiger partial charge in [-0.15, -0.1) is 0 Å². The highest BCUT2D eigenvalue weighted by Gasteiger charge is 1.89. The van der Waals surface area contributed by atoms with Gasteiger partial charge in [0.2, 0.25) is 0 Å². The molecule has 0 saturated carbocycles. The summed E-state index contributed by atoms with van der Waals surface area (Å²) in [7, 11) is 0. The second-order valence-corrected chi connectivity index (χ2v) is 2.90. The zero-order valence-corrected chi connectivity index (χ0v) is 8.88. The van der Waals surface area contributed by atoms with Gasteiger partial charge in [-0.25, -0.2) is 0 Å². The minimum atomic E-state index is 0.394. The van der Waals surface area contributed by atoms with Crippen molar-refractivity contribution in [2.45, 2.75) is 33.1 Å². The summed E-state index contributed by atoms with van der Waals surface area (Å²) in [4.78, 5) is 0. The van der Waals surface area contributed by atoms with E-state index in [4.69, 9.17) is 14.2 Å². The Kier molecular flexibility index (Phi) is 11.8. The lowest BCUT2D eigenvalue weighted by Crippen LogP contribution is -2.08. The van der Waals surface area contributed by atoms with Crippen molar-refractivity contribution >= 4 is 0 Å². The number of unbranched alkanes of at least 4 members (excludes halogenated alkanes) is 1. The molecule has 0 unspecified atom stereocenters. The minimum Gasteiger partial charge on any atom is -0.379 e. The molecule has 3 heteroatoms. The highest BCUT2D eigenvalue weighted by Crippen LogP contribution is 1.88. The van der Waals surface area contributed by atoms with Crippen LogP contribution < -0.4 is 0 Å². The molecule has 0 saturated heterocycles. The molecule has 0 aromatic rings. The molecule has 0 aliphatic carbocycles. The van der Waals surface area contributed by atoms with E-state index < -0.39 is 0 Å². The van der Waals surface area contributed by atoms with Gasteiger partial charge < -0.3 is 14.2 Å². The first kappa shape index (κ1) is 12.9. The lowest BCUT2D eigenvalue weighted by Gasteiger charge is -2.05. The molecule has 0 heterocycles. The first-order valence-corrected chi connectivity index (χ1v) is 5.15. The van der Waals surface area contributed by atoms with Crippen LogP contribution >= 0.6 is 0 Å². The molecule has 3 nitrogen and oxygen atoms in total. The molecule has 0 radical (unpaired) electrons. The first-order valence-electron chi connectivity index (χ1n) is 5.15. The minimum absolute atomic E-state index is 0.394. The molecule has 0 aromatic heterocycles. The molecule has 80 valence electrons. The number of rotatable bonds is 10. The highest BCUT2D eigenvalue weighted by molar-refractivity contribution is 4.32. The van der Waals surface area contributed by atoms with E-state index in [1.165, 1.54) is 6.42 Å². The lowest BCUT2D eigenvalue weighted by molar-refractivity contribution is -0.0691. The normalized spacial score (nSPS) is 10.6. The third-order valence-corrected chi connectivity index (χ3v) is 1.53. The fourth-order valence-electron chi connectivity index (χ4n) is 0.787. The van der Waals surface area contributed by atoms with Gasteiger partial charge in [-0.1, -0.05) is 20.3 Å². The molecule has 0 bridgehead atoms. The largest absolute Gasteiger partial charge is 0.379 e. The van der Waals surface area contributed by atoms with Gasteiger partial charge in [0.05, 0.1) is 13.2 Å². The van der Waals surface area contributed by atoms with E-state index >= 15 is 0 Å². The van der Waals surface area contributed by atoms with E-state index in [0.29, 0.717) is 20.0 Å². The molecule has 0 spiro atoms. The van der Waals surface area contributed by atoms with Crippen molar-refractivity contribution in [3.63, 3.8) is 0 Å². The Morgan fingerprint density at radius 3 is 2.08 bits per heavy atom. The SMILES string of the molecule is CCCCOCCOCOCCC. The van der Waals surface area contributed by atoms with Gasteiger partial charge in [-0.05, 0) is 12.8 Å². The average Bonchev–Trinajstić information content (AvgIpc) is 2.16. The van der Waals surface area contributed by atoms with Crippen molar-refractivity contribution in [2.24, 2.45) is 0 Å². The second-order valence-electron chi connectivity index (χ2n) is 2.90. The van der Waals surface area contributed by atoms with Crippen LogP contribution in [0.5, 0.6) is 0 Å². The Morgan fingerprint density at radius 2 is 1.38 bits per heavy atom. The number of hydrogen-bond acceptors (Lipinski definition) is 3. The maximum absolute atomic E-state index is 5.30. The van der Waals surface area contributed by atoms with E-state index in [1.807, 2.05) is 0 Å². The van der Waals surface area contributed by atoms with E-state index in [-0.39, 0.29) is 0 Å². The summed E-state index contributed by atoms with van der Waals surface area (Å²) >= 11 is 0. The standard InChI is InChI=1S/C10H22O3/c1-3-5-7-11-8-9-13-10-12-6-4-2/h3-10H2,1-2H3. The van der Waals surface area contributed by atoms with E-state index in [9.17, 15) is 0 Å². The number of hydrogen-bond donors (Lipinski definition) is 0. The monoisotopic (exact) mass is 190 g/mol. The van der Waals surface area contributed by atoms with Crippen molar-refractivity contribution in [3.05, 3.63) is 0 Å². The van der Waals surface area contributed by atoms with Gasteiger partial charge >= 0.3 is 0 Å². The molecule has 0 aliphatic heterocycles. The van der Waals surface area contributed by atoms with Crippen molar-refractivity contribution in [2.75, 3.05) is 33.2 Å². The van der Waals surface area contributed by atoms with Gasteiger partial charge in [0.1, 0.15) is 6.79 Å². The van der Waals surface area contributed by atoms with Crippen LogP contribution in [0.15, 0.2) is 0 Å². The van der Waals surface area contributed by atoms with Crippen molar-refractivity contribution in [3.8, 4) is 0 Å². The number of ether oxygens (including phenoxy) is 3. The maximum Gasteiger partial charge on any atom is 0.146 e. The van der Waals surface area contributed by atoms with Gasteiger partial charge in [0.25, 0.3) is 0 Å². The van der Waals surface area contributed by atoms with Crippen molar-refractivity contribution < 1.29 is 14.2 Å². The predicted molar refractivity (Wildman–Crippen MR) is 52.8 cm³/mol. The molecule has 0 N–H and O–H groups in total. The zero-order chi connectivity index (χ0) is 9.78. The molecule has 13 heavy (non-hydrogen) atoms. The molecule has 0 amide bonds. The van der Waals surface area contributed by atoms with Crippen LogP contribution in [0.4, 0.5) is 0 Å². The quantitative estimate of drug-likeness (QED) is 0.390. The van der Waals surface area contributed by atoms with Crippen LogP contribution in [0.1, 0.15) is 33.1 Å². The fourth-order valence-corrected chi connectivity index (χ4v) is 0.787. The second kappa shape index (κ2) is 11.9. The molecule has 0 atom stereocenters. The fraction of sp³-hybridized carbons (Fsp3) is 1.00. The summed E-state index contributed by atoms with van der Waals surface area (Å²) in [5.41, 5.74) is 0. The molecule has 0 rings (SSSR count). The molecule has 0 fully saturated rings. The summed E-state index contributed by atoms with van der Waals surface area (Å²) in [6.45, 7) is 7.55. The molecule has 0 aliphatic rings. The van der Waals surface area contributed by atoms with Crippen LogP contribution in [0.3, 0.4) is 0 Å². The van der Waals surface area contributed by atoms with E-state index in [2.05, 4.69) is 13.8 Å². The third-order valence-electron chi connectivity index (χ3n) is 1.53. The Bertz CT molecular complexity index is 76.2. The summed E-state index contributed by atoms with van der Waals surface area (Å²) in [6.07, 6.45) is 3.35. The Balaban J connectivity index is 2.76. The highest BCUT2D eigenvalue weighted by atomic mass is 16.7. The van der Waals surface area contributed by atoms with Crippen molar-refractivity contribution in [1.29, 1.82) is 0 Å². The van der Waals surface area contributed by atoms with Crippen LogP contribution in [-0.4, -0.2) is 33.2 Å². The van der Waals surface area contributed by atoms with Crippen LogP contribution in [0.2, 0.25) is 0 Å².